The maximum absolute atomic E-state index is 13.3. The van der Waals surface area contributed by atoms with Crippen LogP contribution in [-0.2, 0) is 16.0 Å². The highest BCUT2D eigenvalue weighted by Gasteiger charge is 2.34. The molecule has 1 heterocycles. The van der Waals surface area contributed by atoms with E-state index in [1.807, 2.05) is 38.1 Å². The fourth-order valence-electron chi connectivity index (χ4n) is 3.14. The van der Waals surface area contributed by atoms with Crippen LogP contribution in [0.2, 0.25) is 0 Å². The second-order valence-electron chi connectivity index (χ2n) is 6.66. The van der Waals surface area contributed by atoms with E-state index in [-0.39, 0.29) is 10.7 Å². The molecule has 0 aliphatic carbocycles. The Morgan fingerprint density at radius 2 is 1.68 bits per heavy atom. The molecule has 2 aromatic rings. The lowest BCUT2D eigenvalue weighted by Gasteiger charge is -2.29. The van der Waals surface area contributed by atoms with Gasteiger partial charge < -0.3 is 9.47 Å². The Balaban J connectivity index is 2.04. The zero-order chi connectivity index (χ0) is 22.5. The molecule has 1 saturated heterocycles. The third-order valence-corrected chi connectivity index (χ3v) is 5.57. The number of aryl methyl sites for hydroxylation is 1. The predicted octanol–water partition coefficient (Wildman–Crippen LogP) is 4.64. The Hall–Kier alpha value is -2.71. The van der Waals surface area contributed by atoms with E-state index in [2.05, 4.69) is 28.2 Å². The van der Waals surface area contributed by atoms with Crippen LogP contribution in [0.1, 0.15) is 31.9 Å². The molecule has 0 aromatic heterocycles. The zero-order valence-electron chi connectivity index (χ0n) is 17.5. The Kier molecular flexibility index (Phi) is 7.46. The van der Waals surface area contributed by atoms with E-state index in [4.69, 9.17) is 21.7 Å². The molecule has 2 aromatic carbocycles. The third-order valence-electron chi connectivity index (χ3n) is 4.67. The van der Waals surface area contributed by atoms with Gasteiger partial charge in [0.05, 0.1) is 23.4 Å². The van der Waals surface area contributed by atoms with Crippen molar-refractivity contribution in [2.75, 3.05) is 18.1 Å². The van der Waals surface area contributed by atoms with Crippen LogP contribution < -0.4 is 19.7 Å². The number of ether oxygens (including phenoxy) is 2. The number of benzene rings is 2. The molecule has 1 fully saturated rings. The average molecular weight is 503 g/mol. The molecule has 1 N–H and O–H groups in total. The van der Waals surface area contributed by atoms with Crippen molar-refractivity contribution >= 4 is 56.8 Å². The van der Waals surface area contributed by atoms with E-state index < -0.39 is 11.8 Å². The van der Waals surface area contributed by atoms with Gasteiger partial charge in [-0.1, -0.05) is 19.1 Å². The van der Waals surface area contributed by atoms with Gasteiger partial charge in [-0.15, -0.1) is 0 Å². The number of rotatable bonds is 7. The normalized spacial score (nSPS) is 15.3. The second-order valence-corrected chi connectivity index (χ2v) is 7.91. The summed E-state index contributed by atoms with van der Waals surface area (Å²) >= 11 is 8.75. The molecule has 31 heavy (non-hydrogen) atoms. The molecule has 2 amide bonds. The summed E-state index contributed by atoms with van der Waals surface area (Å²) in [5, 5.41) is 2.66. The lowest BCUT2D eigenvalue weighted by molar-refractivity contribution is -0.122. The topological polar surface area (TPSA) is 67.9 Å². The van der Waals surface area contributed by atoms with Gasteiger partial charge in [0.2, 0.25) is 0 Å². The molecule has 0 saturated carbocycles. The minimum Gasteiger partial charge on any atom is -0.493 e. The monoisotopic (exact) mass is 502 g/mol. The van der Waals surface area contributed by atoms with E-state index in [1.165, 1.54) is 11.0 Å². The lowest BCUT2D eigenvalue weighted by atomic mass is 10.1. The molecule has 0 atom stereocenters. The van der Waals surface area contributed by atoms with Crippen LogP contribution in [-0.4, -0.2) is 30.1 Å². The maximum atomic E-state index is 13.3. The largest absolute Gasteiger partial charge is 0.493 e. The highest BCUT2D eigenvalue weighted by molar-refractivity contribution is 9.10. The molecular weight excluding hydrogens is 480 g/mol. The predicted molar refractivity (Wildman–Crippen MR) is 129 cm³/mol. The smallest absolute Gasteiger partial charge is 0.270 e. The van der Waals surface area contributed by atoms with Crippen LogP contribution >= 0.6 is 28.1 Å². The highest BCUT2D eigenvalue weighted by Crippen LogP contribution is 2.35. The van der Waals surface area contributed by atoms with Gasteiger partial charge in [0.1, 0.15) is 17.1 Å². The van der Waals surface area contributed by atoms with Gasteiger partial charge in [-0.05, 0) is 78.3 Å². The highest BCUT2D eigenvalue weighted by atomic mass is 79.9. The molecule has 6 nitrogen and oxygen atoms in total. The number of thiocarbonyl (C=S) groups is 1. The molecule has 1 aliphatic rings. The summed E-state index contributed by atoms with van der Waals surface area (Å²) in [5.74, 6) is 0.0786. The minimum absolute atomic E-state index is 0.0369. The summed E-state index contributed by atoms with van der Waals surface area (Å²) in [7, 11) is 0. The Morgan fingerprint density at radius 1 is 1.03 bits per heavy atom. The number of amides is 2. The maximum Gasteiger partial charge on any atom is 0.270 e. The van der Waals surface area contributed by atoms with Crippen LogP contribution in [0.25, 0.3) is 6.08 Å². The van der Waals surface area contributed by atoms with Gasteiger partial charge in [0.15, 0.2) is 5.11 Å². The van der Waals surface area contributed by atoms with E-state index in [1.54, 1.807) is 12.1 Å². The summed E-state index contributed by atoms with van der Waals surface area (Å²) in [5.41, 5.74) is 2.27. The summed E-state index contributed by atoms with van der Waals surface area (Å²) in [4.78, 5) is 27.2. The number of carbonyl (C=O) groups excluding carboxylic acids is 2. The first-order chi connectivity index (χ1) is 14.9. The van der Waals surface area contributed by atoms with Crippen molar-refractivity contribution in [1.82, 2.24) is 5.32 Å². The van der Waals surface area contributed by atoms with Gasteiger partial charge in [-0.3, -0.25) is 19.8 Å². The van der Waals surface area contributed by atoms with Crippen LogP contribution in [0.5, 0.6) is 11.5 Å². The number of anilines is 1. The second kappa shape index (κ2) is 10.1. The quantitative estimate of drug-likeness (QED) is 0.339. The van der Waals surface area contributed by atoms with Crippen molar-refractivity contribution in [3.63, 3.8) is 0 Å². The van der Waals surface area contributed by atoms with Crippen molar-refractivity contribution in [3.05, 3.63) is 57.6 Å². The molecule has 162 valence electrons. The zero-order valence-corrected chi connectivity index (χ0v) is 19.9. The van der Waals surface area contributed by atoms with Crippen molar-refractivity contribution < 1.29 is 19.1 Å². The fraction of sp³-hybridized carbons (Fsp3) is 0.261. The lowest BCUT2D eigenvalue weighted by Crippen LogP contribution is -2.54. The van der Waals surface area contributed by atoms with Crippen molar-refractivity contribution in [2.45, 2.75) is 27.2 Å². The van der Waals surface area contributed by atoms with Gasteiger partial charge in [-0.25, -0.2) is 0 Å². The molecule has 0 bridgehead atoms. The van der Waals surface area contributed by atoms with E-state index >= 15 is 0 Å². The van der Waals surface area contributed by atoms with E-state index in [9.17, 15) is 9.59 Å². The number of hydrogen-bond acceptors (Lipinski definition) is 5. The number of nitrogens with one attached hydrogen (secondary N) is 1. The number of carbonyl (C=O) groups is 2. The van der Waals surface area contributed by atoms with Gasteiger partial charge in [0.25, 0.3) is 11.8 Å². The summed E-state index contributed by atoms with van der Waals surface area (Å²) in [6, 6.07) is 11.0. The van der Waals surface area contributed by atoms with Gasteiger partial charge in [0, 0.05) is 11.6 Å². The summed E-state index contributed by atoms with van der Waals surface area (Å²) in [6.07, 6.45) is 2.39. The Bertz CT molecular complexity index is 1050. The standard InChI is InChI=1S/C23H23BrN2O4S/c1-4-14-7-9-16(10-8-14)26-22(28)17(21(27)25-23(26)31)11-15-12-18(24)20(30-6-3)13-19(15)29-5-2/h7-13H,4-6H2,1-3H3,(H,25,27,31)/b17-11+. The van der Waals surface area contributed by atoms with Crippen LogP contribution in [0, 0.1) is 0 Å². The van der Waals surface area contributed by atoms with Gasteiger partial charge in [-0.2, -0.15) is 0 Å². The molecule has 0 spiro atoms. The SMILES string of the molecule is CCOc1cc(OCC)c(/C=C2\C(=O)NC(=S)N(c3ccc(CC)cc3)C2=O)cc1Br. The van der Waals surface area contributed by atoms with Gasteiger partial charge >= 0.3 is 0 Å². The van der Waals surface area contributed by atoms with Crippen LogP contribution in [0.15, 0.2) is 46.4 Å². The average Bonchev–Trinajstić information content (AvgIpc) is 2.74. The fourth-order valence-corrected chi connectivity index (χ4v) is 3.89. The molecule has 1 aliphatic heterocycles. The van der Waals surface area contributed by atoms with E-state index in [0.717, 1.165) is 12.0 Å². The Labute approximate surface area is 195 Å². The first-order valence-electron chi connectivity index (χ1n) is 9.99. The molecule has 0 unspecified atom stereocenters. The summed E-state index contributed by atoms with van der Waals surface area (Å²) in [6.45, 7) is 6.71. The molecule has 8 heteroatoms. The first kappa shape index (κ1) is 23.0. The van der Waals surface area contributed by atoms with Crippen LogP contribution in [0.3, 0.4) is 0 Å². The Morgan fingerprint density at radius 3 is 2.29 bits per heavy atom. The van der Waals surface area contributed by atoms with Crippen LogP contribution in [0.4, 0.5) is 5.69 Å². The minimum atomic E-state index is -0.552. The van der Waals surface area contributed by atoms with Crippen molar-refractivity contribution in [1.29, 1.82) is 0 Å². The van der Waals surface area contributed by atoms with Crippen molar-refractivity contribution in [3.8, 4) is 11.5 Å². The number of nitrogens with zero attached hydrogens (tertiary/aromatic N) is 1. The first-order valence-corrected chi connectivity index (χ1v) is 11.2. The summed E-state index contributed by atoms with van der Waals surface area (Å²) < 4.78 is 12.0. The third kappa shape index (κ3) is 4.97. The van der Waals surface area contributed by atoms with Crippen molar-refractivity contribution in [2.24, 2.45) is 0 Å². The molecule has 3 rings (SSSR count). The van der Waals surface area contributed by atoms with E-state index in [0.29, 0.717) is 40.4 Å². The number of hydrogen-bond donors (Lipinski definition) is 1. The molecule has 0 radical (unpaired) electrons. The molecular formula is C23H23BrN2O4S. The number of halogens is 1.